The molecular weight excluding hydrogens is 268 g/mol. The molecule has 2 unspecified atom stereocenters. The minimum atomic E-state index is -0.534. The van der Waals surface area contributed by atoms with Crippen molar-refractivity contribution in [2.75, 3.05) is 7.11 Å². The molecule has 0 fully saturated rings. The van der Waals surface area contributed by atoms with E-state index in [1.807, 2.05) is 13.8 Å². The highest BCUT2D eigenvalue weighted by Gasteiger charge is 2.33. The molecule has 0 aromatic heterocycles. The van der Waals surface area contributed by atoms with Gasteiger partial charge in [-0.05, 0) is 19.8 Å². The summed E-state index contributed by atoms with van der Waals surface area (Å²) in [6.45, 7) is 7.48. The molecule has 0 rings (SSSR count). The maximum Gasteiger partial charge on any atom is 0.307 e. The minimum absolute atomic E-state index is 0. The Labute approximate surface area is 122 Å². The largest absolute Gasteiger partial charge is 0.469 e. The van der Waals surface area contributed by atoms with Gasteiger partial charge in [0.1, 0.15) is 0 Å². The standard InChI is InChI=1S/C13H26N2O3.ClH/c1-6-13(7-2,8-11(16)18-5)15-12(17)9(3)10(4)14;/h9-10H,6-8,14H2,1-5H3,(H,15,17);1H. The average molecular weight is 295 g/mol. The summed E-state index contributed by atoms with van der Waals surface area (Å²) < 4.78 is 4.68. The lowest BCUT2D eigenvalue weighted by Crippen LogP contribution is -2.52. The minimum Gasteiger partial charge on any atom is -0.469 e. The highest BCUT2D eigenvalue weighted by molar-refractivity contribution is 5.85. The molecule has 0 aliphatic carbocycles. The molecule has 0 saturated heterocycles. The van der Waals surface area contributed by atoms with Gasteiger partial charge in [-0.3, -0.25) is 9.59 Å². The number of methoxy groups -OCH3 is 1. The van der Waals surface area contributed by atoms with Gasteiger partial charge in [0.05, 0.1) is 13.5 Å². The van der Waals surface area contributed by atoms with E-state index in [4.69, 9.17) is 5.73 Å². The molecule has 0 aromatic carbocycles. The second kappa shape index (κ2) is 9.15. The summed E-state index contributed by atoms with van der Waals surface area (Å²) in [4.78, 5) is 23.5. The summed E-state index contributed by atoms with van der Waals surface area (Å²) in [5.41, 5.74) is 5.18. The van der Waals surface area contributed by atoms with Crippen LogP contribution in [-0.4, -0.2) is 30.6 Å². The first-order chi connectivity index (χ1) is 8.31. The predicted molar refractivity (Wildman–Crippen MR) is 78.2 cm³/mol. The molecule has 0 radical (unpaired) electrons. The van der Waals surface area contributed by atoms with Crippen LogP contribution in [0.4, 0.5) is 0 Å². The number of amides is 1. The van der Waals surface area contributed by atoms with Gasteiger partial charge in [0.25, 0.3) is 0 Å². The van der Waals surface area contributed by atoms with E-state index in [1.54, 1.807) is 13.8 Å². The summed E-state index contributed by atoms with van der Waals surface area (Å²) in [6, 6.07) is -0.213. The van der Waals surface area contributed by atoms with Crippen LogP contribution in [0, 0.1) is 5.92 Å². The Morgan fingerprint density at radius 3 is 2.05 bits per heavy atom. The first-order valence-electron chi connectivity index (χ1n) is 6.46. The SMILES string of the molecule is CCC(CC)(CC(=O)OC)NC(=O)C(C)C(C)N.Cl. The Morgan fingerprint density at radius 1 is 1.26 bits per heavy atom. The van der Waals surface area contributed by atoms with E-state index in [0.29, 0.717) is 12.8 Å². The molecule has 19 heavy (non-hydrogen) atoms. The van der Waals surface area contributed by atoms with Crippen molar-refractivity contribution < 1.29 is 14.3 Å². The van der Waals surface area contributed by atoms with E-state index in [-0.39, 0.29) is 42.7 Å². The molecule has 0 aliphatic heterocycles. The Kier molecular flexibility index (Phi) is 9.88. The lowest BCUT2D eigenvalue weighted by atomic mass is 9.87. The van der Waals surface area contributed by atoms with E-state index in [1.165, 1.54) is 7.11 Å². The molecule has 1 amide bonds. The maximum absolute atomic E-state index is 12.0. The molecule has 6 heteroatoms. The van der Waals surface area contributed by atoms with Gasteiger partial charge in [0, 0.05) is 17.5 Å². The van der Waals surface area contributed by atoms with Crippen LogP contribution in [0.1, 0.15) is 47.0 Å². The van der Waals surface area contributed by atoms with Crippen molar-refractivity contribution in [3.05, 3.63) is 0 Å². The van der Waals surface area contributed by atoms with E-state index in [2.05, 4.69) is 10.1 Å². The number of hydrogen-bond acceptors (Lipinski definition) is 4. The lowest BCUT2D eigenvalue weighted by molar-refractivity contribution is -0.143. The Hall–Kier alpha value is -0.810. The number of hydrogen-bond donors (Lipinski definition) is 2. The van der Waals surface area contributed by atoms with Gasteiger partial charge in [0.2, 0.25) is 5.91 Å². The topological polar surface area (TPSA) is 81.4 Å². The van der Waals surface area contributed by atoms with E-state index < -0.39 is 5.54 Å². The van der Waals surface area contributed by atoms with Gasteiger partial charge in [-0.2, -0.15) is 0 Å². The van der Waals surface area contributed by atoms with E-state index in [9.17, 15) is 9.59 Å². The predicted octanol–water partition coefficient (Wildman–Crippen LogP) is 1.63. The number of halogens is 1. The summed E-state index contributed by atoms with van der Waals surface area (Å²) in [5.74, 6) is -0.704. The van der Waals surface area contributed by atoms with Crippen LogP contribution >= 0.6 is 12.4 Å². The first-order valence-corrected chi connectivity index (χ1v) is 6.46. The molecule has 114 valence electrons. The first kappa shape index (κ1) is 20.5. The van der Waals surface area contributed by atoms with Crippen LogP contribution < -0.4 is 11.1 Å². The monoisotopic (exact) mass is 294 g/mol. The molecular formula is C13H27ClN2O3. The molecule has 0 bridgehead atoms. The summed E-state index contributed by atoms with van der Waals surface area (Å²) in [6.07, 6.45) is 1.54. The maximum atomic E-state index is 12.0. The highest BCUT2D eigenvalue weighted by atomic mass is 35.5. The van der Waals surface area contributed by atoms with Crippen LogP contribution in [0.3, 0.4) is 0 Å². The van der Waals surface area contributed by atoms with Crippen molar-refractivity contribution in [2.24, 2.45) is 11.7 Å². The molecule has 0 saturated carbocycles. The number of rotatable bonds is 7. The fraction of sp³-hybridized carbons (Fsp3) is 0.846. The second-order valence-corrected chi connectivity index (χ2v) is 4.88. The Morgan fingerprint density at radius 2 is 1.74 bits per heavy atom. The van der Waals surface area contributed by atoms with Crippen LogP contribution in [0.15, 0.2) is 0 Å². The highest BCUT2D eigenvalue weighted by Crippen LogP contribution is 2.21. The number of carbonyl (C=O) groups is 2. The zero-order valence-electron chi connectivity index (χ0n) is 12.5. The fourth-order valence-corrected chi connectivity index (χ4v) is 1.68. The molecule has 3 N–H and O–H groups in total. The third-order valence-corrected chi connectivity index (χ3v) is 3.65. The van der Waals surface area contributed by atoms with Crippen molar-refractivity contribution in [3.8, 4) is 0 Å². The van der Waals surface area contributed by atoms with Gasteiger partial charge in [-0.1, -0.05) is 20.8 Å². The molecule has 5 nitrogen and oxygen atoms in total. The Balaban J connectivity index is 0. The smallest absolute Gasteiger partial charge is 0.307 e. The zero-order chi connectivity index (χ0) is 14.3. The van der Waals surface area contributed by atoms with Crippen molar-refractivity contribution in [3.63, 3.8) is 0 Å². The number of carbonyl (C=O) groups excluding carboxylic acids is 2. The number of nitrogens with two attached hydrogens (primary N) is 1. The quantitative estimate of drug-likeness (QED) is 0.699. The van der Waals surface area contributed by atoms with Crippen molar-refractivity contribution >= 4 is 24.3 Å². The van der Waals surface area contributed by atoms with Crippen LogP contribution in [-0.2, 0) is 14.3 Å². The molecule has 0 aromatic rings. The molecule has 0 heterocycles. The number of ether oxygens (including phenoxy) is 1. The third kappa shape index (κ3) is 6.25. The van der Waals surface area contributed by atoms with Gasteiger partial charge >= 0.3 is 5.97 Å². The number of nitrogens with one attached hydrogen (secondary N) is 1. The summed E-state index contributed by atoms with van der Waals surface area (Å²) in [7, 11) is 1.35. The summed E-state index contributed by atoms with van der Waals surface area (Å²) in [5, 5.41) is 2.96. The molecule has 2 atom stereocenters. The second-order valence-electron chi connectivity index (χ2n) is 4.88. The third-order valence-electron chi connectivity index (χ3n) is 3.65. The van der Waals surface area contributed by atoms with Gasteiger partial charge in [-0.25, -0.2) is 0 Å². The van der Waals surface area contributed by atoms with Gasteiger partial charge < -0.3 is 15.8 Å². The van der Waals surface area contributed by atoms with Gasteiger partial charge in [0.15, 0.2) is 0 Å². The molecule has 0 spiro atoms. The van der Waals surface area contributed by atoms with E-state index >= 15 is 0 Å². The lowest BCUT2D eigenvalue weighted by Gasteiger charge is -2.33. The average Bonchev–Trinajstić information content (AvgIpc) is 2.36. The van der Waals surface area contributed by atoms with Crippen molar-refractivity contribution in [2.45, 2.75) is 58.5 Å². The zero-order valence-corrected chi connectivity index (χ0v) is 13.3. The van der Waals surface area contributed by atoms with Crippen LogP contribution in [0.5, 0.6) is 0 Å². The van der Waals surface area contributed by atoms with Crippen LogP contribution in [0.2, 0.25) is 0 Å². The van der Waals surface area contributed by atoms with Crippen molar-refractivity contribution in [1.82, 2.24) is 5.32 Å². The van der Waals surface area contributed by atoms with Crippen LogP contribution in [0.25, 0.3) is 0 Å². The van der Waals surface area contributed by atoms with Crippen molar-refractivity contribution in [1.29, 1.82) is 0 Å². The fourth-order valence-electron chi connectivity index (χ4n) is 1.68. The summed E-state index contributed by atoms with van der Waals surface area (Å²) >= 11 is 0. The van der Waals surface area contributed by atoms with E-state index in [0.717, 1.165) is 0 Å². The normalized spacial score (nSPS) is 14.0. The Bertz CT molecular complexity index is 292. The number of esters is 1. The van der Waals surface area contributed by atoms with Gasteiger partial charge in [-0.15, -0.1) is 12.4 Å². The molecule has 0 aliphatic rings.